The average Bonchev–Trinajstić information content (AvgIpc) is 2.91. The fraction of sp³-hybridized carbons (Fsp3) is 0.231. The molecule has 5 nitrogen and oxygen atoms in total. The van der Waals surface area contributed by atoms with Gasteiger partial charge >= 0.3 is 0 Å². The van der Waals surface area contributed by atoms with E-state index in [1.165, 1.54) is 0 Å². The number of amides is 1. The number of nitrogens with zero attached hydrogens (tertiary/aromatic N) is 2. The van der Waals surface area contributed by atoms with Crippen LogP contribution in [0.2, 0.25) is 0 Å². The quantitative estimate of drug-likeness (QED) is 0.834. The summed E-state index contributed by atoms with van der Waals surface area (Å²) in [6.07, 6.45) is 5.32. The van der Waals surface area contributed by atoms with Crippen LogP contribution in [0.15, 0.2) is 43.0 Å². The number of para-hydroxylation sites is 1. The summed E-state index contributed by atoms with van der Waals surface area (Å²) < 4.78 is 1.92. The van der Waals surface area contributed by atoms with E-state index in [1.807, 2.05) is 29.0 Å². The number of nitrogens with one attached hydrogen (secondary N) is 2. The number of hydrogen-bond donors (Lipinski definition) is 2. The molecule has 18 heavy (non-hydrogen) atoms. The lowest BCUT2D eigenvalue weighted by atomic mass is 10.1. The molecule has 0 unspecified atom stereocenters. The number of imidazole rings is 1. The summed E-state index contributed by atoms with van der Waals surface area (Å²) in [5.41, 5.74) is 1.49. The van der Waals surface area contributed by atoms with Gasteiger partial charge in [0.05, 0.1) is 11.9 Å². The van der Waals surface area contributed by atoms with Crippen LogP contribution >= 0.6 is 0 Å². The van der Waals surface area contributed by atoms with Crippen molar-refractivity contribution in [2.24, 2.45) is 0 Å². The molecule has 94 valence electrons. The zero-order valence-electron chi connectivity index (χ0n) is 10.3. The van der Waals surface area contributed by atoms with Crippen molar-refractivity contribution in [3.63, 3.8) is 0 Å². The van der Waals surface area contributed by atoms with Crippen molar-refractivity contribution in [3.05, 3.63) is 48.5 Å². The van der Waals surface area contributed by atoms with Crippen LogP contribution in [-0.2, 0) is 6.54 Å². The Kier molecular flexibility index (Phi) is 3.96. The van der Waals surface area contributed by atoms with E-state index >= 15 is 0 Å². The van der Waals surface area contributed by atoms with Gasteiger partial charge in [-0.3, -0.25) is 4.79 Å². The van der Waals surface area contributed by atoms with Crippen LogP contribution in [0.4, 0.5) is 5.69 Å². The van der Waals surface area contributed by atoms with Crippen LogP contribution in [0.1, 0.15) is 10.4 Å². The summed E-state index contributed by atoms with van der Waals surface area (Å²) >= 11 is 0. The van der Waals surface area contributed by atoms with Crippen LogP contribution in [0.3, 0.4) is 0 Å². The normalized spacial score (nSPS) is 10.1. The lowest BCUT2D eigenvalue weighted by Gasteiger charge is -2.09. The van der Waals surface area contributed by atoms with E-state index in [1.54, 1.807) is 25.6 Å². The molecule has 1 aromatic carbocycles. The zero-order valence-corrected chi connectivity index (χ0v) is 10.3. The molecule has 5 heteroatoms. The van der Waals surface area contributed by atoms with Crippen molar-refractivity contribution in [1.82, 2.24) is 14.9 Å². The van der Waals surface area contributed by atoms with E-state index in [2.05, 4.69) is 15.6 Å². The molecule has 0 saturated carbocycles. The van der Waals surface area contributed by atoms with E-state index in [0.29, 0.717) is 18.7 Å². The number of carbonyl (C=O) groups is 1. The van der Waals surface area contributed by atoms with Crippen LogP contribution in [-0.4, -0.2) is 29.1 Å². The third kappa shape index (κ3) is 2.88. The van der Waals surface area contributed by atoms with Crippen LogP contribution in [0.5, 0.6) is 0 Å². The molecule has 0 spiro atoms. The van der Waals surface area contributed by atoms with Gasteiger partial charge in [-0.05, 0) is 12.1 Å². The van der Waals surface area contributed by atoms with Gasteiger partial charge < -0.3 is 15.2 Å². The van der Waals surface area contributed by atoms with Crippen molar-refractivity contribution >= 4 is 11.6 Å². The minimum atomic E-state index is -0.0694. The number of carbonyl (C=O) groups excluding carboxylic acids is 1. The minimum Gasteiger partial charge on any atom is -0.387 e. The van der Waals surface area contributed by atoms with Gasteiger partial charge in [0.15, 0.2) is 0 Å². The monoisotopic (exact) mass is 244 g/mol. The summed E-state index contributed by atoms with van der Waals surface area (Å²) in [7, 11) is 1.80. The number of aromatic nitrogens is 2. The van der Waals surface area contributed by atoms with Gasteiger partial charge in [-0.15, -0.1) is 0 Å². The first-order valence-corrected chi connectivity index (χ1v) is 5.82. The molecule has 0 radical (unpaired) electrons. The van der Waals surface area contributed by atoms with Gasteiger partial charge in [0.2, 0.25) is 0 Å². The Hall–Kier alpha value is -2.30. The van der Waals surface area contributed by atoms with Crippen molar-refractivity contribution in [1.29, 1.82) is 0 Å². The van der Waals surface area contributed by atoms with E-state index in [0.717, 1.165) is 5.69 Å². The summed E-state index contributed by atoms with van der Waals surface area (Å²) in [4.78, 5) is 15.9. The molecule has 0 fully saturated rings. The highest BCUT2D eigenvalue weighted by atomic mass is 16.1. The van der Waals surface area contributed by atoms with Gasteiger partial charge in [-0.25, -0.2) is 4.98 Å². The molecule has 2 aromatic rings. The molecule has 2 N–H and O–H groups in total. The van der Waals surface area contributed by atoms with Crippen molar-refractivity contribution in [3.8, 4) is 0 Å². The molecular weight excluding hydrogens is 228 g/mol. The Bertz CT molecular complexity index is 507. The lowest BCUT2D eigenvalue weighted by molar-refractivity contribution is 0.0953. The predicted molar refractivity (Wildman–Crippen MR) is 70.5 cm³/mol. The van der Waals surface area contributed by atoms with Gasteiger partial charge in [0.1, 0.15) is 0 Å². The third-order valence-electron chi connectivity index (χ3n) is 2.66. The number of benzene rings is 1. The maximum atomic E-state index is 12.0. The first-order chi connectivity index (χ1) is 8.81. The number of hydrogen-bond acceptors (Lipinski definition) is 3. The molecular formula is C13H16N4O. The fourth-order valence-electron chi connectivity index (χ4n) is 1.71. The van der Waals surface area contributed by atoms with Gasteiger partial charge in [0, 0.05) is 38.2 Å². The fourth-order valence-corrected chi connectivity index (χ4v) is 1.71. The molecule has 1 aromatic heterocycles. The van der Waals surface area contributed by atoms with Gasteiger partial charge in [0.25, 0.3) is 5.91 Å². The maximum absolute atomic E-state index is 12.0. The highest BCUT2D eigenvalue weighted by Gasteiger charge is 2.08. The molecule has 1 amide bonds. The SMILES string of the molecule is CNc1ccccc1C(=O)NCCn1ccnc1. The molecule has 1 heterocycles. The van der Waals surface area contributed by atoms with Crippen molar-refractivity contribution < 1.29 is 4.79 Å². The Morgan fingerprint density at radius 3 is 2.94 bits per heavy atom. The first kappa shape index (κ1) is 12.2. The van der Waals surface area contributed by atoms with E-state index in [4.69, 9.17) is 0 Å². The topological polar surface area (TPSA) is 59.0 Å². The van der Waals surface area contributed by atoms with Crippen LogP contribution < -0.4 is 10.6 Å². The van der Waals surface area contributed by atoms with E-state index in [-0.39, 0.29) is 5.91 Å². The summed E-state index contributed by atoms with van der Waals surface area (Å²) in [6.45, 7) is 1.29. The average molecular weight is 244 g/mol. The Morgan fingerprint density at radius 2 is 2.22 bits per heavy atom. The second-order valence-corrected chi connectivity index (χ2v) is 3.85. The smallest absolute Gasteiger partial charge is 0.253 e. The number of rotatable bonds is 5. The minimum absolute atomic E-state index is 0.0694. The van der Waals surface area contributed by atoms with E-state index in [9.17, 15) is 4.79 Å². The molecule has 2 rings (SSSR count). The Morgan fingerprint density at radius 1 is 1.39 bits per heavy atom. The van der Waals surface area contributed by atoms with Crippen molar-refractivity contribution in [2.75, 3.05) is 18.9 Å². The molecule has 0 aliphatic carbocycles. The molecule has 0 aliphatic heterocycles. The molecule has 0 aliphatic rings. The van der Waals surface area contributed by atoms with Crippen LogP contribution in [0.25, 0.3) is 0 Å². The second kappa shape index (κ2) is 5.86. The van der Waals surface area contributed by atoms with Crippen molar-refractivity contribution in [2.45, 2.75) is 6.54 Å². The molecule has 0 atom stereocenters. The standard InChI is InChI=1S/C13H16N4O/c1-14-12-5-3-2-4-11(12)13(18)16-7-9-17-8-6-15-10-17/h2-6,8,10,14H,7,9H2,1H3,(H,16,18). The van der Waals surface area contributed by atoms with E-state index < -0.39 is 0 Å². The lowest BCUT2D eigenvalue weighted by Crippen LogP contribution is -2.27. The summed E-state index contributed by atoms with van der Waals surface area (Å²) in [6, 6.07) is 7.43. The molecule has 0 saturated heterocycles. The Balaban J connectivity index is 1.91. The maximum Gasteiger partial charge on any atom is 0.253 e. The van der Waals surface area contributed by atoms with Gasteiger partial charge in [-0.2, -0.15) is 0 Å². The number of anilines is 1. The van der Waals surface area contributed by atoms with Gasteiger partial charge in [-0.1, -0.05) is 12.1 Å². The predicted octanol–water partition coefficient (Wildman–Crippen LogP) is 1.35. The largest absolute Gasteiger partial charge is 0.387 e. The summed E-state index contributed by atoms with van der Waals surface area (Å²) in [5.74, 6) is -0.0694. The zero-order chi connectivity index (χ0) is 12.8. The Labute approximate surface area is 106 Å². The highest BCUT2D eigenvalue weighted by Crippen LogP contribution is 2.13. The highest BCUT2D eigenvalue weighted by molar-refractivity contribution is 5.99. The molecule has 0 bridgehead atoms. The summed E-state index contributed by atoms with van der Waals surface area (Å²) in [5, 5.41) is 5.89. The first-order valence-electron chi connectivity index (χ1n) is 5.82. The van der Waals surface area contributed by atoms with Crippen LogP contribution in [0, 0.1) is 0 Å². The second-order valence-electron chi connectivity index (χ2n) is 3.85. The third-order valence-corrected chi connectivity index (χ3v) is 2.66.